The lowest BCUT2D eigenvalue weighted by Crippen LogP contribution is -2.33. The number of amides is 1. The maximum Gasteiger partial charge on any atom is 0.258 e. The lowest BCUT2D eigenvalue weighted by Gasteiger charge is -2.16. The van der Waals surface area contributed by atoms with Gasteiger partial charge in [0.05, 0.1) is 0 Å². The van der Waals surface area contributed by atoms with Crippen LogP contribution >= 0.6 is 11.6 Å². The van der Waals surface area contributed by atoms with E-state index in [1.54, 1.807) is 36.4 Å². The molecule has 8 heteroatoms. The van der Waals surface area contributed by atoms with Crippen LogP contribution in [-0.2, 0) is 4.79 Å². The Balaban J connectivity index is 1.53. The van der Waals surface area contributed by atoms with Crippen molar-refractivity contribution in [2.24, 2.45) is 0 Å². The molecule has 0 saturated carbocycles. The van der Waals surface area contributed by atoms with Crippen LogP contribution < -0.4 is 10.1 Å². The molecule has 0 spiro atoms. The second-order valence-corrected chi connectivity index (χ2v) is 7.04. The zero-order chi connectivity index (χ0) is 21.6. The zero-order valence-corrected chi connectivity index (χ0v) is 16.9. The quantitative estimate of drug-likeness (QED) is 0.449. The average molecular weight is 438 g/mol. The molecule has 31 heavy (non-hydrogen) atoms. The molecule has 1 amide bonds. The van der Waals surface area contributed by atoms with E-state index in [1.807, 2.05) is 30.3 Å². The van der Waals surface area contributed by atoms with Gasteiger partial charge in [0.1, 0.15) is 17.6 Å². The van der Waals surface area contributed by atoms with E-state index in [0.717, 1.165) is 5.56 Å². The largest absolute Gasteiger partial charge is 0.484 e. The van der Waals surface area contributed by atoms with Crippen molar-refractivity contribution in [2.45, 2.75) is 6.04 Å². The fourth-order valence-electron chi connectivity index (χ4n) is 2.87. The Morgan fingerprint density at radius 1 is 1.00 bits per heavy atom. The van der Waals surface area contributed by atoms with Gasteiger partial charge in [0.2, 0.25) is 11.8 Å². The second kappa shape index (κ2) is 9.40. The molecule has 0 radical (unpaired) electrons. The molecular formula is C23H17ClFN3O3. The van der Waals surface area contributed by atoms with Crippen molar-refractivity contribution in [3.05, 3.63) is 101 Å². The van der Waals surface area contributed by atoms with Crippen LogP contribution in [0.1, 0.15) is 17.5 Å². The smallest absolute Gasteiger partial charge is 0.258 e. The Bertz CT molecular complexity index is 1150. The number of ether oxygens (including phenoxy) is 1. The van der Waals surface area contributed by atoms with E-state index < -0.39 is 17.8 Å². The zero-order valence-electron chi connectivity index (χ0n) is 16.2. The molecule has 156 valence electrons. The van der Waals surface area contributed by atoms with Crippen LogP contribution in [0.4, 0.5) is 4.39 Å². The van der Waals surface area contributed by atoms with Crippen molar-refractivity contribution < 1.29 is 18.3 Å². The van der Waals surface area contributed by atoms with Crippen molar-refractivity contribution in [3.8, 4) is 17.2 Å². The third-order valence-corrected chi connectivity index (χ3v) is 4.65. The van der Waals surface area contributed by atoms with E-state index in [4.69, 9.17) is 20.8 Å². The van der Waals surface area contributed by atoms with Gasteiger partial charge in [-0.3, -0.25) is 4.79 Å². The SMILES string of the molecule is O=C(COc1ccc(Cl)cc1)N[C@@H](c1ccc(F)cc1)c1nnc(-c2ccccc2)o1. The first-order valence-corrected chi connectivity index (χ1v) is 9.78. The fraction of sp³-hybridized carbons (Fsp3) is 0.0870. The number of hydrogen-bond donors (Lipinski definition) is 1. The van der Waals surface area contributed by atoms with E-state index >= 15 is 0 Å². The third-order valence-electron chi connectivity index (χ3n) is 4.40. The summed E-state index contributed by atoms with van der Waals surface area (Å²) >= 11 is 5.85. The maximum absolute atomic E-state index is 13.4. The van der Waals surface area contributed by atoms with Gasteiger partial charge in [-0.1, -0.05) is 41.9 Å². The van der Waals surface area contributed by atoms with Gasteiger partial charge in [-0.05, 0) is 54.1 Å². The van der Waals surface area contributed by atoms with E-state index in [2.05, 4.69) is 15.5 Å². The first kappa shape index (κ1) is 20.6. The lowest BCUT2D eigenvalue weighted by atomic mass is 10.1. The molecule has 3 aromatic carbocycles. The number of nitrogens with zero attached hydrogens (tertiary/aromatic N) is 2. The van der Waals surface area contributed by atoms with Crippen LogP contribution in [0.5, 0.6) is 5.75 Å². The van der Waals surface area contributed by atoms with Crippen molar-refractivity contribution in [2.75, 3.05) is 6.61 Å². The molecule has 4 rings (SSSR count). The van der Waals surface area contributed by atoms with Gasteiger partial charge in [-0.2, -0.15) is 0 Å². The molecule has 0 fully saturated rings. The Hall–Kier alpha value is -3.71. The van der Waals surface area contributed by atoms with E-state index in [9.17, 15) is 9.18 Å². The molecule has 0 aliphatic heterocycles. The van der Waals surface area contributed by atoms with Crippen LogP contribution in [-0.4, -0.2) is 22.7 Å². The van der Waals surface area contributed by atoms with Crippen LogP contribution in [0.2, 0.25) is 5.02 Å². The number of carbonyl (C=O) groups excluding carboxylic acids is 1. The predicted octanol–water partition coefficient (Wildman–Crippen LogP) is 4.81. The van der Waals surface area contributed by atoms with Crippen LogP contribution in [0, 0.1) is 5.82 Å². The number of aromatic nitrogens is 2. The molecule has 0 saturated heterocycles. The fourth-order valence-corrected chi connectivity index (χ4v) is 3.00. The third kappa shape index (κ3) is 5.26. The van der Waals surface area contributed by atoms with Crippen LogP contribution in [0.3, 0.4) is 0 Å². The molecule has 0 aliphatic carbocycles. The number of carbonyl (C=O) groups is 1. The summed E-state index contributed by atoms with van der Waals surface area (Å²) in [5, 5.41) is 11.5. The molecule has 1 heterocycles. The molecule has 1 aromatic heterocycles. The summed E-state index contributed by atoms with van der Waals surface area (Å²) in [6.45, 7) is -0.237. The highest BCUT2D eigenvalue weighted by atomic mass is 35.5. The number of nitrogens with one attached hydrogen (secondary N) is 1. The topological polar surface area (TPSA) is 77.2 Å². The van der Waals surface area contributed by atoms with E-state index in [-0.39, 0.29) is 12.5 Å². The highest BCUT2D eigenvalue weighted by Gasteiger charge is 2.24. The van der Waals surface area contributed by atoms with Crippen LogP contribution in [0.15, 0.2) is 83.3 Å². The molecule has 0 aliphatic rings. The highest BCUT2D eigenvalue weighted by molar-refractivity contribution is 6.30. The Kier molecular flexibility index (Phi) is 6.24. The van der Waals surface area contributed by atoms with Gasteiger partial charge in [-0.15, -0.1) is 10.2 Å². The predicted molar refractivity (Wildman–Crippen MR) is 113 cm³/mol. The Labute approximate surface area is 182 Å². The highest BCUT2D eigenvalue weighted by Crippen LogP contribution is 2.25. The van der Waals surface area contributed by atoms with E-state index in [1.165, 1.54) is 12.1 Å². The number of benzene rings is 3. The van der Waals surface area contributed by atoms with Crippen molar-refractivity contribution >= 4 is 17.5 Å². The van der Waals surface area contributed by atoms with Gasteiger partial charge in [0, 0.05) is 10.6 Å². The molecule has 0 unspecified atom stereocenters. The monoisotopic (exact) mass is 437 g/mol. The second-order valence-electron chi connectivity index (χ2n) is 6.61. The maximum atomic E-state index is 13.4. The van der Waals surface area contributed by atoms with Gasteiger partial charge in [0.15, 0.2) is 6.61 Å². The summed E-state index contributed by atoms with van der Waals surface area (Å²) in [7, 11) is 0. The average Bonchev–Trinajstić information content (AvgIpc) is 3.28. The lowest BCUT2D eigenvalue weighted by molar-refractivity contribution is -0.123. The summed E-state index contributed by atoms with van der Waals surface area (Å²) in [6, 6.07) is 20.8. The van der Waals surface area contributed by atoms with Gasteiger partial charge >= 0.3 is 0 Å². The standard InChI is InChI=1S/C23H17ClFN3O3/c24-17-8-12-19(13-9-17)30-14-20(29)26-21(15-6-10-18(25)11-7-15)23-28-27-22(31-23)16-4-2-1-3-5-16/h1-13,21H,14H2,(H,26,29)/t21-/m0/s1. The minimum Gasteiger partial charge on any atom is -0.484 e. The molecule has 6 nitrogen and oxygen atoms in total. The van der Waals surface area contributed by atoms with Gasteiger partial charge < -0.3 is 14.5 Å². The number of hydrogen-bond acceptors (Lipinski definition) is 5. The minimum absolute atomic E-state index is 0.172. The van der Waals surface area contributed by atoms with Crippen molar-refractivity contribution in [1.82, 2.24) is 15.5 Å². The minimum atomic E-state index is -0.771. The Morgan fingerprint density at radius 2 is 1.71 bits per heavy atom. The first-order chi connectivity index (χ1) is 15.1. The summed E-state index contributed by atoms with van der Waals surface area (Å²) < 4.78 is 24.7. The normalized spacial score (nSPS) is 11.7. The molecule has 0 bridgehead atoms. The molecule has 1 atom stereocenters. The number of halogens is 2. The summed E-state index contributed by atoms with van der Waals surface area (Å²) in [6.07, 6.45) is 0. The molecule has 1 N–H and O–H groups in total. The summed E-state index contributed by atoms with van der Waals surface area (Å²) in [5.41, 5.74) is 1.33. The van der Waals surface area contributed by atoms with E-state index in [0.29, 0.717) is 22.2 Å². The van der Waals surface area contributed by atoms with Crippen molar-refractivity contribution in [3.63, 3.8) is 0 Å². The first-order valence-electron chi connectivity index (χ1n) is 9.40. The number of rotatable bonds is 7. The Morgan fingerprint density at radius 3 is 2.42 bits per heavy atom. The van der Waals surface area contributed by atoms with Crippen molar-refractivity contribution in [1.29, 1.82) is 0 Å². The van der Waals surface area contributed by atoms with Gasteiger partial charge in [-0.25, -0.2) is 4.39 Å². The molecular weight excluding hydrogens is 421 g/mol. The molecule has 4 aromatic rings. The van der Waals surface area contributed by atoms with Crippen LogP contribution in [0.25, 0.3) is 11.5 Å². The summed E-state index contributed by atoms with van der Waals surface area (Å²) in [5.74, 6) is 0.181. The van der Waals surface area contributed by atoms with Gasteiger partial charge in [0.25, 0.3) is 5.91 Å². The summed E-state index contributed by atoms with van der Waals surface area (Å²) in [4.78, 5) is 12.6.